The van der Waals surface area contributed by atoms with Gasteiger partial charge >= 0.3 is 0 Å². The van der Waals surface area contributed by atoms with Crippen LogP contribution in [0.4, 0.5) is 5.69 Å². The molecule has 0 radical (unpaired) electrons. The second kappa shape index (κ2) is 5.08. The van der Waals surface area contributed by atoms with E-state index in [1.54, 1.807) is 0 Å². The van der Waals surface area contributed by atoms with Crippen molar-refractivity contribution >= 4 is 17.3 Å². The van der Waals surface area contributed by atoms with Crippen molar-refractivity contribution in [2.45, 2.75) is 25.4 Å². The fourth-order valence-corrected chi connectivity index (χ4v) is 3.31. The summed E-state index contributed by atoms with van der Waals surface area (Å²) in [5.74, 6) is 0. The van der Waals surface area contributed by atoms with Gasteiger partial charge < -0.3 is 15.5 Å². The van der Waals surface area contributed by atoms with E-state index in [4.69, 9.17) is 17.3 Å². The van der Waals surface area contributed by atoms with E-state index in [0.717, 1.165) is 23.8 Å². The Morgan fingerprint density at radius 1 is 1.39 bits per heavy atom. The van der Waals surface area contributed by atoms with Crippen LogP contribution in [-0.4, -0.2) is 43.2 Å². The number of benzene rings is 1. The van der Waals surface area contributed by atoms with Gasteiger partial charge in [0.15, 0.2) is 0 Å². The Labute approximate surface area is 115 Å². The van der Waals surface area contributed by atoms with Gasteiger partial charge in [-0.1, -0.05) is 23.7 Å². The number of halogens is 1. The fourth-order valence-electron chi connectivity index (χ4n) is 3.09. The van der Waals surface area contributed by atoms with Gasteiger partial charge in [0, 0.05) is 25.2 Å². The summed E-state index contributed by atoms with van der Waals surface area (Å²) in [5.41, 5.74) is 7.07. The Hall–Kier alpha value is -0.770. The molecule has 2 N–H and O–H groups in total. The fraction of sp³-hybridized carbons (Fsp3) is 0.571. The molecule has 0 bridgehead atoms. The van der Waals surface area contributed by atoms with Crippen LogP contribution in [0, 0.1) is 0 Å². The quantitative estimate of drug-likeness (QED) is 0.892. The first-order chi connectivity index (χ1) is 8.45. The summed E-state index contributed by atoms with van der Waals surface area (Å²) in [6.07, 6.45) is 0. The Morgan fingerprint density at radius 3 is 2.67 bits per heavy atom. The van der Waals surface area contributed by atoms with Gasteiger partial charge in [0.1, 0.15) is 0 Å². The molecule has 1 aromatic carbocycles. The number of nitrogens with zero attached hydrogens (tertiary/aromatic N) is 2. The van der Waals surface area contributed by atoms with Gasteiger partial charge in [-0.05, 0) is 33.0 Å². The van der Waals surface area contributed by atoms with Crippen molar-refractivity contribution in [2.75, 3.05) is 31.6 Å². The Bertz CT molecular complexity index is 419. The van der Waals surface area contributed by atoms with Gasteiger partial charge in [0.25, 0.3) is 0 Å². The lowest BCUT2D eigenvalue weighted by Crippen LogP contribution is -2.65. The third-order valence-corrected chi connectivity index (χ3v) is 3.90. The molecule has 1 unspecified atom stereocenters. The van der Waals surface area contributed by atoms with Crippen molar-refractivity contribution in [1.29, 1.82) is 0 Å². The summed E-state index contributed by atoms with van der Waals surface area (Å²) in [6, 6.07) is 8.32. The number of hydrogen-bond acceptors (Lipinski definition) is 3. The molecule has 0 aliphatic carbocycles. The molecule has 100 valence electrons. The highest BCUT2D eigenvalue weighted by Gasteiger charge is 2.38. The maximum atomic E-state index is 6.35. The van der Waals surface area contributed by atoms with Crippen molar-refractivity contribution < 1.29 is 0 Å². The van der Waals surface area contributed by atoms with E-state index < -0.39 is 0 Å². The normalized spacial score (nSPS) is 24.3. The summed E-state index contributed by atoms with van der Waals surface area (Å²) in [5, 5.41) is 0.800. The third-order valence-electron chi connectivity index (χ3n) is 3.58. The molecule has 1 atom stereocenters. The number of piperazine rings is 1. The second-order valence-corrected chi connectivity index (χ2v) is 6.13. The second-order valence-electron chi connectivity index (χ2n) is 5.72. The lowest BCUT2D eigenvalue weighted by molar-refractivity contribution is 0.182. The van der Waals surface area contributed by atoms with Crippen LogP contribution in [0.5, 0.6) is 0 Å². The Balaban J connectivity index is 2.42. The van der Waals surface area contributed by atoms with Crippen LogP contribution >= 0.6 is 11.6 Å². The van der Waals surface area contributed by atoms with Crippen LogP contribution in [0.2, 0.25) is 5.02 Å². The third kappa shape index (κ3) is 2.48. The molecule has 1 aliphatic heterocycles. The first-order valence-electron chi connectivity index (χ1n) is 6.38. The summed E-state index contributed by atoms with van der Waals surface area (Å²) in [6.45, 7) is 7.11. The molecule has 18 heavy (non-hydrogen) atoms. The van der Waals surface area contributed by atoms with E-state index in [9.17, 15) is 0 Å². The molecule has 0 saturated carbocycles. The minimum Gasteiger partial charge on any atom is -0.358 e. The number of para-hydroxylation sites is 1. The molecule has 1 aliphatic rings. The number of nitrogens with two attached hydrogens (primary N) is 1. The first kappa shape index (κ1) is 13.7. The van der Waals surface area contributed by atoms with E-state index in [1.165, 1.54) is 0 Å². The number of hydrogen-bond donors (Lipinski definition) is 1. The van der Waals surface area contributed by atoms with E-state index in [2.05, 4.69) is 36.8 Å². The van der Waals surface area contributed by atoms with E-state index >= 15 is 0 Å². The predicted octanol–water partition coefficient (Wildman–Crippen LogP) is 2.20. The molecule has 0 aromatic heterocycles. The zero-order valence-corrected chi connectivity index (χ0v) is 12.1. The van der Waals surface area contributed by atoms with Crippen molar-refractivity contribution in [1.82, 2.24) is 4.90 Å². The van der Waals surface area contributed by atoms with Crippen molar-refractivity contribution in [2.24, 2.45) is 5.73 Å². The monoisotopic (exact) mass is 267 g/mol. The van der Waals surface area contributed by atoms with Crippen molar-refractivity contribution in [3.63, 3.8) is 0 Å². The molecule has 1 fully saturated rings. The van der Waals surface area contributed by atoms with Crippen molar-refractivity contribution in [3.8, 4) is 0 Å². The average molecular weight is 268 g/mol. The lowest BCUT2D eigenvalue weighted by atomic mass is 9.94. The molecule has 2 rings (SSSR count). The molecule has 1 saturated heterocycles. The smallest absolute Gasteiger partial charge is 0.0639 e. The highest BCUT2D eigenvalue weighted by Crippen LogP contribution is 2.35. The SMILES string of the molecule is CN1CC(CN)N(c2ccccc2Cl)C(C)(C)C1. The molecule has 0 spiro atoms. The van der Waals surface area contributed by atoms with Gasteiger partial charge in [-0.3, -0.25) is 0 Å². The van der Waals surface area contributed by atoms with E-state index in [-0.39, 0.29) is 5.54 Å². The Morgan fingerprint density at radius 2 is 2.06 bits per heavy atom. The van der Waals surface area contributed by atoms with Crippen LogP contribution < -0.4 is 10.6 Å². The molecule has 3 nitrogen and oxygen atoms in total. The number of rotatable bonds is 2. The highest BCUT2D eigenvalue weighted by atomic mass is 35.5. The summed E-state index contributed by atoms with van der Waals surface area (Å²) < 4.78 is 0. The Kier molecular flexibility index (Phi) is 3.85. The van der Waals surface area contributed by atoms with Gasteiger partial charge in [0.2, 0.25) is 0 Å². The first-order valence-corrected chi connectivity index (χ1v) is 6.76. The molecule has 1 aromatic rings. The summed E-state index contributed by atoms with van der Waals surface area (Å²) in [4.78, 5) is 4.72. The molecular formula is C14H22ClN3. The predicted molar refractivity (Wildman–Crippen MR) is 78.3 cm³/mol. The minimum atomic E-state index is 0.0298. The molecule has 4 heteroatoms. The van der Waals surface area contributed by atoms with Gasteiger partial charge in [-0.25, -0.2) is 0 Å². The molecule has 1 heterocycles. The largest absolute Gasteiger partial charge is 0.358 e. The van der Waals surface area contributed by atoms with Gasteiger partial charge in [-0.2, -0.15) is 0 Å². The number of likely N-dealkylation sites (N-methyl/N-ethyl adjacent to an activating group) is 1. The zero-order chi connectivity index (χ0) is 13.3. The maximum absolute atomic E-state index is 6.35. The van der Waals surface area contributed by atoms with E-state index in [0.29, 0.717) is 12.6 Å². The van der Waals surface area contributed by atoms with Crippen LogP contribution in [0.15, 0.2) is 24.3 Å². The van der Waals surface area contributed by atoms with Gasteiger partial charge in [0.05, 0.1) is 16.8 Å². The van der Waals surface area contributed by atoms with Crippen LogP contribution in [0.25, 0.3) is 0 Å². The minimum absolute atomic E-state index is 0.0298. The molecule has 0 amide bonds. The maximum Gasteiger partial charge on any atom is 0.0639 e. The van der Waals surface area contributed by atoms with Crippen LogP contribution in [0.1, 0.15) is 13.8 Å². The summed E-state index contributed by atoms with van der Waals surface area (Å²) >= 11 is 6.35. The topological polar surface area (TPSA) is 32.5 Å². The molecular weight excluding hydrogens is 246 g/mol. The zero-order valence-electron chi connectivity index (χ0n) is 11.4. The van der Waals surface area contributed by atoms with E-state index in [1.807, 2.05) is 18.2 Å². The summed E-state index contributed by atoms with van der Waals surface area (Å²) in [7, 11) is 2.15. The lowest BCUT2D eigenvalue weighted by Gasteiger charge is -2.52. The van der Waals surface area contributed by atoms with Crippen molar-refractivity contribution in [3.05, 3.63) is 29.3 Å². The average Bonchev–Trinajstić information content (AvgIpc) is 2.28. The van der Waals surface area contributed by atoms with Crippen LogP contribution in [-0.2, 0) is 0 Å². The highest BCUT2D eigenvalue weighted by molar-refractivity contribution is 6.33. The standard InChI is InChI=1S/C14H22ClN3/c1-14(2)10-17(3)9-11(8-16)18(14)13-7-5-4-6-12(13)15/h4-7,11H,8-10,16H2,1-3H3. The van der Waals surface area contributed by atoms with Crippen LogP contribution in [0.3, 0.4) is 0 Å². The van der Waals surface area contributed by atoms with Gasteiger partial charge in [-0.15, -0.1) is 0 Å². The number of anilines is 1.